The van der Waals surface area contributed by atoms with Gasteiger partial charge in [0.05, 0.1) is 52.4 Å². The molecule has 0 aliphatic carbocycles. The van der Waals surface area contributed by atoms with E-state index in [-0.39, 0.29) is 0 Å². The Balaban J connectivity index is 1.08. The topological polar surface area (TPSA) is 671 Å². The van der Waals surface area contributed by atoms with Crippen molar-refractivity contribution in [3.63, 3.8) is 0 Å². The molecule has 562 valence electrons. The highest BCUT2D eigenvalue weighted by Crippen LogP contribution is 2.39. The standard InChI is InChI=1S/C54H91N3O40/c1-12-26(67)33(74)37(78)50(84-12)95-44-25(57-15(4)66)47(82)85-21(10-63)43(44)94-48-23(55-13(2)64)31(72)42(20(9-62)89-48)93-53-40(81)45(96-52-39(80)35(76)28(69)17(6-59)87-52)30(71)22(91-53)11-83-54-46(36(77)29(70)18(7-60)88-54)97-49-24(56-14(3)65)32(73)41(19(8-61)90-49)92-51-38(79)34(75)27(68)16(5-58)86-51/h12,16-54,58-63,67-82H,5-11H2,1-4H3,(H,55,64)(H,56,65)(H,57,66)/t12-,16+,17+,18+,19+,20+,21+,22+,23+,24+,25+,26+,27-,28+,29+,30+,31+,32+,33+,34-,35-,36-,37-,38+,39-,40-,41+,42+,43+,44+,45-,46-,47+,48-,49-,50-,51-,52+,53-,54-/m0/s1. The van der Waals surface area contributed by atoms with E-state index in [1.54, 1.807) is 0 Å². The minimum atomic E-state index is -2.40. The van der Waals surface area contributed by atoms with Gasteiger partial charge < -0.3 is 199 Å². The Morgan fingerprint density at radius 2 is 0.619 bits per heavy atom. The van der Waals surface area contributed by atoms with Gasteiger partial charge in [-0.25, -0.2) is 0 Å². The molecule has 0 spiro atoms. The Morgan fingerprint density at radius 3 is 1.06 bits per heavy atom. The lowest BCUT2D eigenvalue weighted by Crippen LogP contribution is -2.71. The van der Waals surface area contributed by atoms with Gasteiger partial charge in [0.2, 0.25) is 17.7 Å². The van der Waals surface area contributed by atoms with E-state index in [9.17, 15) is 127 Å². The van der Waals surface area contributed by atoms with Crippen LogP contribution in [0.3, 0.4) is 0 Å². The Hall–Kier alpha value is -3.07. The van der Waals surface area contributed by atoms with Crippen LogP contribution < -0.4 is 16.0 Å². The van der Waals surface area contributed by atoms with E-state index in [0.717, 1.165) is 20.8 Å². The first-order valence-corrected chi connectivity index (χ1v) is 31.0. The number of carbonyl (C=O) groups is 3. The summed E-state index contributed by atoms with van der Waals surface area (Å²) in [6.45, 7) is -3.06. The van der Waals surface area contributed by atoms with Crippen LogP contribution in [0.1, 0.15) is 27.7 Å². The van der Waals surface area contributed by atoms with Gasteiger partial charge in [-0.15, -0.1) is 0 Å². The van der Waals surface area contributed by atoms with E-state index < -0.39 is 309 Å². The summed E-state index contributed by atoms with van der Waals surface area (Å²) >= 11 is 0. The zero-order chi connectivity index (χ0) is 71.5. The van der Waals surface area contributed by atoms with Crippen LogP contribution in [0, 0.1) is 0 Å². The largest absolute Gasteiger partial charge is 0.394 e. The minimum Gasteiger partial charge on any atom is -0.394 e. The molecule has 0 saturated carbocycles. The number of carbonyl (C=O) groups excluding carboxylic acids is 3. The summed E-state index contributed by atoms with van der Waals surface area (Å²) in [4.78, 5) is 38.3. The van der Waals surface area contributed by atoms with E-state index in [4.69, 9.17) is 71.1 Å². The Morgan fingerprint density at radius 1 is 0.289 bits per heavy atom. The lowest BCUT2D eigenvalue weighted by Gasteiger charge is -2.51. The molecular weight excluding hydrogens is 1330 g/mol. The second kappa shape index (κ2) is 34.5. The molecular formula is C54H91N3O40. The Bertz CT molecular complexity index is 2490. The van der Waals surface area contributed by atoms with E-state index in [2.05, 4.69) is 16.0 Å². The molecule has 43 nitrogen and oxygen atoms in total. The highest BCUT2D eigenvalue weighted by Gasteiger charge is 2.60. The summed E-state index contributed by atoms with van der Waals surface area (Å²) in [7, 11) is 0. The first-order valence-electron chi connectivity index (χ1n) is 31.0. The smallest absolute Gasteiger partial charge is 0.217 e. The predicted molar refractivity (Wildman–Crippen MR) is 298 cm³/mol. The molecule has 8 saturated heterocycles. The zero-order valence-corrected chi connectivity index (χ0v) is 52.2. The maximum absolute atomic E-state index is 13.0. The van der Waals surface area contributed by atoms with E-state index >= 15 is 0 Å². The van der Waals surface area contributed by atoms with Crippen molar-refractivity contribution in [2.24, 2.45) is 0 Å². The third kappa shape index (κ3) is 17.4. The van der Waals surface area contributed by atoms with Crippen molar-refractivity contribution in [3.05, 3.63) is 0 Å². The molecule has 0 aromatic heterocycles. The number of rotatable bonds is 24. The molecule has 8 fully saturated rings. The highest BCUT2D eigenvalue weighted by molar-refractivity contribution is 5.74. The second-order valence-corrected chi connectivity index (χ2v) is 24.6. The number of ether oxygens (including phenoxy) is 15. The molecule has 8 aliphatic heterocycles. The zero-order valence-electron chi connectivity index (χ0n) is 52.2. The summed E-state index contributed by atoms with van der Waals surface area (Å²) < 4.78 is 88.2. The molecule has 0 aromatic carbocycles. The van der Waals surface area contributed by atoms with Crippen LogP contribution in [0.15, 0.2) is 0 Å². The fourth-order valence-electron chi connectivity index (χ4n) is 12.5. The van der Waals surface area contributed by atoms with Crippen molar-refractivity contribution in [2.75, 3.05) is 46.2 Å². The van der Waals surface area contributed by atoms with E-state index in [1.165, 1.54) is 6.92 Å². The highest BCUT2D eigenvalue weighted by atomic mass is 16.8. The van der Waals surface area contributed by atoms with Crippen LogP contribution in [0.2, 0.25) is 0 Å². The van der Waals surface area contributed by atoms with Crippen molar-refractivity contribution in [1.82, 2.24) is 16.0 Å². The average molecular weight is 1420 g/mol. The summed E-state index contributed by atoms with van der Waals surface area (Å²) in [6.07, 6.45) is -73.0. The monoisotopic (exact) mass is 1420 g/mol. The SMILES string of the molecule is CC(=O)N[C@@H]1[C@@H](O[C@@H]2O[C@@H](C)[C@@H](O)[C@@H](O)[C@@H]2O)[C@H](O[C@@H]2O[C@H](CO)[C@@H](O[C@@H]3O[C@H](CO[C@H]4O[C@H](CO)[C@@H](O)[C@H](O)[C@@H]4O[C@@H]4O[C@H](CO)[C@@H](O[C@@H]5O[C@H](CO)[C@H](O)[C@H](O)[C@H]5O)[C@H](O)[C@H]4NC(C)=O)[C@@H](O)[C@H](O[C@H]4O[C@H](CO)[C@@H](O)[C@H](O)[C@@H]4O)[C@@H]3O)[C@H](O)[C@H]2NC(C)=O)[C@@H](CO)O[C@H]1O. The quantitative estimate of drug-likeness (QED) is 0.0427. The molecule has 40 atom stereocenters. The molecule has 0 unspecified atom stereocenters. The minimum absolute atomic E-state index is 0.814. The summed E-state index contributed by atoms with van der Waals surface area (Å²) in [5.74, 6) is -2.63. The first-order chi connectivity index (χ1) is 45.8. The summed E-state index contributed by atoms with van der Waals surface area (Å²) in [5.41, 5.74) is 0. The molecule has 0 aromatic rings. The van der Waals surface area contributed by atoms with E-state index in [0.29, 0.717) is 0 Å². The van der Waals surface area contributed by atoms with Crippen LogP contribution in [0.25, 0.3) is 0 Å². The number of aliphatic hydroxyl groups is 22. The predicted octanol–water partition coefficient (Wildman–Crippen LogP) is -17.0. The number of hydrogen-bond donors (Lipinski definition) is 25. The van der Waals surface area contributed by atoms with Crippen LogP contribution >= 0.6 is 0 Å². The van der Waals surface area contributed by atoms with Crippen molar-refractivity contribution in [3.8, 4) is 0 Å². The van der Waals surface area contributed by atoms with Gasteiger partial charge in [-0.1, -0.05) is 0 Å². The molecule has 0 bridgehead atoms. The second-order valence-electron chi connectivity index (χ2n) is 24.6. The molecule has 25 N–H and O–H groups in total. The van der Waals surface area contributed by atoms with Gasteiger partial charge in [-0.3, -0.25) is 14.4 Å². The van der Waals surface area contributed by atoms with Crippen LogP contribution in [-0.2, 0) is 85.4 Å². The van der Waals surface area contributed by atoms with Gasteiger partial charge in [-0.05, 0) is 6.92 Å². The first kappa shape index (κ1) is 79.6. The molecule has 3 amide bonds. The van der Waals surface area contributed by atoms with Gasteiger partial charge in [0.15, 0.2) is 50.3 Å². The van der Waals surface area contributed by atoms with Crippen molar-refractivity contribution in [1.29, 1.82) is 0 Å². The third-order valence-electron chi connectivity index (χ3n) is 17.8. The molecule has 97 heavy (non-hydrogen) atoms. The molecule has 8 heterocycles. The fourth-order valence-corrected chi connectivity index (χ4v) is 12.5. The van der Waals surface area contributed by atoms with E-state index in [1.807, 2.05) is 0 Å². The average Bonchev–Trinajstić information content (AvgIpc) is 0.768. The van der Waals surface area contributed by atoms with Gasteiger partial charge in [0, 0.05) is 20.8 Å². The normalized spacial score (nSPS) is 49.9. The van der Waals surface area contributed by atoms with Gasteiger partial charge in [0.1, 0.15) is 189 Å². The molecule has 8 aliphatic rings. The van der Waals surface area contributed by atoms with Crippen molar-refractivity contribution >= 4 is 17.7 Å². The maximum Gasteiger partial charge on any atom is 0.217 e. The van der Waals surface area contributed by atoms with Crippen LogP contribution in [0.5, 0.6) is 0 Å². The van der Waals surface area contributed by atoms with Gasteiger partial charge in [0.25, 0.3) is 0 Å². The fraction of sp³-hybridized carbons (Fsp3) is 0.944. The van der Waals surface area contributed by atoms with Crippen molar-refractivity contribution < 1.29 is 198 Å². The Kier molecular flexibility index (Phi) is 28.3. The van der Waals surface area contributed by atoms with Crippen molar-refractivity contribution in [2.45, 2.75) is 273 Å². The Labute approximate surface area is 549 Å². The third-order valence-corrected chi connectivity index (χ3v) is 17.8. The van der Waals surface area contributed by atoms with Crippen LogP contribution in [0.4, 0.5) is 0 Å². The molecule has 8 rings (SSSR count). The van der Waals surface area contributed by atoms with Crippen LogP contribution in [-0.4, -0.2) is 422 Å². The van der Waals surface area contributed by atoms with Gasteiger partial charge in [-0.2, -0.15) is 0 Å². The summed E-state index contributed by atoms with van der Waals surface area (Å²) in [5, 5.41) is 247. The van der Waals surface area contributed by atoms with Gasteiger partial charge >= 0.3 is 0 Å². The number of amides is 3. The summed E-state index contributed by atoms with van der Waals surface area (Å²) in [6, 6.07) is -5.44. The number of hydrogen-bond acceptors (Lipinski definition) is 40. The number of aliphatic hydroxyl groups excluding tert-OH is 22. The number of nitrogens with one attached hydrogen (secondary N) is 3. The maximum atomic E-state index is 13.0. The lowest BCUT2D eigenvalue weighted by atomic mass is 9.93. The lowest BCUT2D eigenvalue weighted by molar-refractivity contribution is -0.390. The molecule has 43 heteroatoms. The molecule has 0 radical (unpaired) electrons.